The first-order chi connectivity index (χ1) is 12.1. The molecule has 4 rings (SSSR count). The number of nitrogens with one attached hydrogen (secondary N) is 1. The Morgan fingerprint density at radius 2 is 2.04 bits per heavy atom. The molecule has 1 N–H and O–H groups in total. The number of carbonyl (C=O) groups is 1. The molecule has 0 unspecified atom stereocenters. The number of carbonyl (C=O) groups excluding carboxylic acids is 1. The van der Waals surface area contributed by atoms with Crippen LogP contribution in [-0.4, -0.2) is 21.5 Å². The molecule has 1 fully saturated rings. The third kappa shape index (κ3) is 2.90. The number of thiophene rings is 1. The second kappa shape index (κ2) is 6.56. The maximum atomic E-state index is 12.9. The van der Waals surface area contributed by atoms with Gasteiger partial charge in [-0.1, -0.05) is 19.8 Å². The number of aryl methyl sites for hydroxylation is 2. The average molecular weight is 359 g/mol. The molecule has 25 heavy (non-hydrogen) atoms. The molecule has 5 nitrogen and oxygen atoms in total. The molecule has 1 aliphatic heterocycles. The van der Waals surface area contributed by atoms with E-state index in [0.29, 0.717) is 16.2 Å². The summed E-state index contributed by atoms with van der Waals surface area (Å²) in [4.78, 5) is 31.8. The Kier molecular flexibility index (Phi) is 4.40. The quantitative estimate of drug-likeness (QED) is 0.894. The predicted molar refractivity (Wildman–Crippen MR) is 100 cm³/mol. The fraction of sp³-hybridized carbons (Fsp3) is 0.632. The first-order valence-electron chi connectivity index (χ1n) is 9.40. The summed E-state index contributed by atoms with van der Waals surface area (Å²) in [5.41, 5.74) is 0.817. The van der Waals surface area contributed by atoms with Crippen molar-refractivity contribution in [3.8, 4) is 0 Å². The highest BCUT2D eigenvalue weighted by Gasteiger charge is 2.27. The molecule has 6 heteroatoms. The Balaban J connectivity index is 1.70. The summed E-state index contributed by atoms with van der Waals surface area (Å²) >= 11 is 1.37. The van der Waals surface area contributed by atoms with Gasteiger partial charge in [0, 0.05) is 19.0 Å². The molecule has 0 aromatic carbocycles. The molecular formula is C19H25N3O2S. The van der Waals surface area contributed by atoms with Crippen molar-refractivity contribution in [3.05, 3.63) is 26.6 Å². The Morgan fingerprint density at radius 1 is 1.24 bits per heavy atom. The van der Waals surface area contributed by atoms with Gasteiger partial charge in [-0.3, -0.25) is 14.2 Å². The smallest absolute Gasteiger partial charge is 0.262 e. The second-order valence-corrected chi connectivity index (χ2v) is 8.52. The highest BCUT2D eigenvalue weighted by molar-refractivity contribution is 7.20. The van der Waals surface area contributed by atoms with Crippen molar-refractivity contribution >= 4 is 27.5 Å². The highest BCUT2D eigenvalue weighted by Crippen LogP contribution is 2.30. The van der Waals surface area contributed by atoms with Crippen LogP contribution in [0.2, 0.25) is 0 Å². The Morgan fingerprint density at radius 3 is 2.84 bits per heavy atom. The van der Waals surface area contributed by atoms with Gasteiger partial charge in [0.05, 0.1) is 10.3 Å². The molecule has 0 saturated heterocycles. The molecule has 2 aliphatic rings. The zero-order valence-electron chi connectivity index (χ0n) is 14.9. The minimum absolute atomic E-state index is 0.0264. The van der Waals surface area contributed by atoms with Gasteiger partial charge in [-0.25, -0.2) is 4.98 Å². The summed E-state index contributed by atoms with van der Waals surface area (Å²) in [6, 6.07) is 0.244. The van der Waals surface area contributed by atoms with E-state index in [2.05, 4.69) is 12.2 Å². The van der Waals surface area contributed by atoms with E-state index < -0.39 is 0 Å². The second-order valence-electron chi connectivity index (χ2n) is 7.52. The van der Waals surface area contributed by atoms with E-state index in [1.807, 2.05) is 6.92 Å². The summed E-state index contributed by atoms with van der Waals surface area (Å²) in [7, 11) is 0. The summed E-state index contributed by atoms with van der Waals surface area (Å²) in [5, 5.41) is 3.85. The van der Waals surface area contributed by atoms with Crippen LogP contribution in [0.1, 0.15) is 66.5 Å². The molecule has 2 atom stereocenters. The fourth-order valence-electron chi connectivity index (χ4n) is 4.21. The van der Waals surface area contributed by atoms with Crippen molar-refractivity contribution in [3.63, 3.8) is 0 Å². The van der Waals surface area contributed by atoms with Crippen LogP contribution in [0.15, 0.2) is 4.79 Å². The van der Waals surface area contributed by atoms with Gasteiger partial charge in [0.25, 0.3) is 11.5 Å². The highest BCUT2D eigenvalue weighted by atomic mass is 32.1. The summed E-state index contributed by atoms with van der Waals surface area (Å²) in [5.74, 6) is 1.35. The molecule has 2 aromatic heterocycles. The largest absolute Gasteiger partial charge is 0.348 e. The normalized spacial score (nSPS) is 23.4. The molecule has 0 radical (unpaired) electrons. The number of aromatic nitrogens is 2. The molecule has 134 valence electrons. The minimum Gasteiger partial charge on any atom is -0.348 e. The van der Waals surface area contributed by atoms with Crippen molar-refractivity contribution in [1.29, 1.82) is 0 Å². The van der Waals surface area contributed by atoms with E-state index in [4.69, 9.17) is 4.98 Å². The van der Waals surface area contributed by atoms with Gasteiger partial charge in [-0.2, -0.15) is 0 Å². The van der Waals surface area contributed by atoms with Crippen LogP contribution in [0.3, 0.4) is 0 Å². The lowest BCUT2D eigenvalue weighted by molar-refractivity contribution is 0.0914. The van der Waals surface area contributed by atoms with Crippen LogP contribution in [0, 0.1) is 12.8 Å². The minimum atomic E-state index is -0.0402. The van der Waals surface area contributed by atoms with Crippen LogP contribution in [0.4, 0.5) is 0 Å². The maximum Gasteiger partial charge on any atom is 0.262 e. The van der Waals surface area contributed by atoms with Crippen LogP contribution >= 0.6 is 11.3 Å². The SMILES string of the molecule is Cc1c(C(=O)N[C@@H]2CCCC[C@@H]2C)sc2nc3n(c(=O)c12)CCCC3. The van der Waals surface area contributed by atoms with E-state index in [1.165, 1.54) is 30.6 Å². The zero-order valence-corrected chi connectivity index (χ0v) is 15.7. The summed E-state index contributed by atoms with van der Waals surface area (Å²) in [6.45, 7) is 4.84. The van der Waals surface area contributed by atoms with Crippen molar-refractivity contribution in [2.24, 2.45) is 5.92 Å². The molecule has 0 spiro atoms. The standard InChI is InChI=1S/C19H25N3O2S/c1-11-7-3-4-8-13(11)20-17(23)16-12(2)15-18(25-16)21-14-9-5-6-10-22(14)19(15)24/h11,13H,3-10H2,1-2H3,(H,20,23)/t11-,13+/m0/s1. The topological polar surface area (TPSA) is 64.0 Å². The Labute approximate surface area is 151 Å². The molecule has 0 bridgehead atoms. The monoisotopic (exact) mass is 359 g/mol. The lowest BCUT2D eigenvalue weighted by atomic mass is 9.86. The maximum absolute atomic E-state index is 12.9. The van der Waals surface area contributed by atoms with Crippen molar-refractivity contribution in [2.45, 2.75) is 71.4 Å². The Hall–Kier alpha value is -1.69. The van der Waals surface area contributed by atoms with Gasteiger partial charge in [-0.05, 0) is 44.1 Å². The number of hydrogen-bond donors (Lipinski definition) is 1. The molecule has 1 saturated carbocycles. The van der Waals surface area contributed by atoms with Gasteiger partial charge in [0.15, 0.2) is 0 Å². The molecule has 3 heterocycles. The fourth-order valence-corrected chi connectivity index (χ4v) is 5.31. The van der Waals surface area contributed by atoms with Crippen LogP contribution in [0.5, 0.6) is 0 Å². The van der Waals surface area contributed by atoms with Gasteiger partial charge in [0.2, 0.25) is 0 Å². The van der Waals surface area contributed by atoms with E-state index in [0.717, 1.165) is 48.4 Å². The molecule has 1 amide bonds. The van der Waals surface area contributed by atoms with Crippen LogP contribution < -0.4 is 10.9 Å². The third-order valence-corrected chi connectivity index (χ3v) is 6.98. The van der Waals surface area contributed by atoms with Gasteiger partial charge in [0.1, 0.15) is 10.7 Å². The van der Waals surface area contributed by atoms with E-state index in [-0.39, 0.29) is 17.5 Å². The number of rotatable bonds is 2. The zero-order chi connectivity index (χ0) is 17.6. The van der Waals surface area contributed by atoms with Crippen molar-refractivity contribution in [2.75, 3.05) is 0 Å². The van der Waals surface area contributed by atoms with Crippen molar-refractivity contribution in [1.82, 2.24) is 14.9 Å². The summed E-state index contributed by atoms with van der Waals surface area (Å²) in [6.07, 6.45) is 7.60. The average Bonchev–Trinajstić information content (AvgIpc) is 2.94. The first-order valence-corrected chi connectivity index (χ1v) is 10.2. The third-order valence-electron chi connectivity index (χ3n) is 5.80. The van der Waals surface area contributed by atoms with Gasteiger partial charge in [-0.15, -0.1) is 11.3 Å². The summed E-state index contributed by atoms with van der Waals surface area (Å²) < 4.78 is 1.80. The number of nitrogens with zero attached hydrogens (tertiary/aromatic N) is 2. The van der Waals surface area contributed by atoms with Crippen LogP contribution in [0.25, 0.3) is 10.2 Å². The van der Waals surface area contributed by atoms with Gasteiger partial charge >= 0.3 is 0 Å². The van der Waals surface area contributed by atoms with E-state index >= 15 is 0 Å². The molecule has 2 aromatic rings. The lowest BCUT2D eigenvalue weighted by Gasteiger charge is -2.29. The predicted octanol–water partition coefficient (Wildman–Crippen LogP) is 3.41. The number of fused-ring (bicyclic) bond motifs is 2. The van der Waals surface area contributed by atoms with Gasteiger partial charge < -0.3 is 5.32 Å². The molecule has 1 aliphatic carbocycles. The first kappa shape index (κ1) is 16.8. The van der Waals surface area contributed by atoms with E-state index in [1.54, 1.807) is 4.57 Å². The van der Waals surface area contributed by atoms with E-state index in [9.17, 15) is 9.59 Å². The van der Waals surface area contributed by atoms with Crippen LogP contribution in [-0.2, 0) is 13.0 Å². The number of hydrogen-bond acceptors (Lipinski definition) is 4. The number of amides is 1. The van der Waals surface area contributed by atoms with Crippen molar-refractivity contribution < 1.29 is 4.79 Å². The Bertz CT molecular complexity index is 883. The molecular weight excluding hydrogens is 334 g/mol. The lowest BCUT2D eigenvalue weighted by Crippen LogP contribution is -2.41.